The van der Waals surface area contributed by atoms with Gasteiger partial charge in [-0.3, -0.25) is 0 Å². The molecule has 1 aromatic rings. The van der Waals surface area contributed by atoms with Gasteiger partial charge in [0, 0.05) is 37.4 Å². The molecule has 0 amide bonds. The van der Waals surface area contributed by atoms with E-state index in [4.69, 9.17) is 0 Å². The Kier molecular flexibility index (Phi) is 5.66. The Morgan fingerprint density at radius 1 is 1.41 bits per heavy atom. The molecule has 0 aliphatic carbocycles. The second-order valence-electron chi connectivity index (χ2n) is 6.67. The molecule has 126 valence electrons. The third kappa shape index (κ3) is 3.90. The van der Waals surface area contributed by atoms with Crippen LogP contribution in [0, 0.1) is 12.8 Å². The standard InChI is InChI=1S/C16H29N3O2S/c1-5-9-22(20,21)18-8-6-7-15(12-18)10-16-17-11-14(4)19(16)13(2)3/h11,13,15H,5-10,12H2,1-4H3. The van der Waals surface area contributed by atoms with E-state index >= 15 is 0 Å². The normalized spacial score (nSPS) is 20.7. The summed E-state index contributed by atoms with van der Waals surface area (Å²) >= 11 is 0. The fourth-order valence-electron chi connectivity index (χ4n) is 3.44. The van der Waals surface area contributed by atoms with Gasteiger partial charge in [0.05, 0.1) is 5.75 Å². The van der Waals surface area contributed by atoms with Gasteiger partial charge >= 0.3 is 0 Å². The first-order chi connectivity index (χ1) is 10.3. The fourth-order valence-corrected chi connectivity index (χ4v) is 5.06. The maximum absolute atomic E-state index is 12.3. The average molecular weight is 327 g/mol. The molecule has 0 spiro atoms. The van der Waals surface area contributed by atoms with E-state index < -0.39 is 10.0 Å². The SMILES string of the molecule is CCCS(=O)(=O)N1CCCC(Cc2ncc(C)n2C(C)C)C1. The van der Waals surface area contributed by atoms with Gasteiger partial charge in [0.1, 0.15) is 5.82 Å². The van der Waals surface area contributed by atoms with Crippen LogP contribution in [0.5, 0.6) is 0 Å². The number of aromatic nitrogens is 2. The lowest BCUT2D eigenvalue weighted by Gasteiger charge is -2.32. The van der Waals surface area contributed by atoms with Gasteiger partial charge in [-0.1, -0.05) is 6.92 Å². The lowest BCUT2D eigenvalue weighted by atomic mass is 9.96. The lowest BCUT2D eigenvalue weighted by Crippen LogP contribution is -2.41. The smallest absolute Gasteiger partial charge is 0.214 e. The molecule has 1 atom stereocenters. The topological polar surface area (TPSA) is 55.2 Å². The molecule has 2 rings (SSSR count). The van der Waals surface area contributed by atoms with Crippen molar-refractivity contribution in [3.8, 4) is 0 Å². The lowest BCUT2D eigenvalue weighted by molar-refractivity contribution is 0.260. The predicted molar refractivity (Wildman–Crippen MR) is 89.4 cm³/mol. The van der Waals surface area contributed by atoms with Gasteiger partial charge in [0.25, 0.3) is 0 Å². The molecular formula is C16H29N3O2S. The zero-order valence-corrected chi connectivity index (χ0v) is 15.1. The van der Waals surface area contributed by atoms with E-state index in [2.05, 4.69) is 30.3 Å². The van der Waals surface area contributed by atoms with E-state index in [0.29, 0.717) is 31.5 Å². The number of hydrogen-bond acceptors (Lipinski definition) is 3. The van der Waals surface area contributed by atoms with Crippen molar-refractivity contribution < 1.29 is 8.42 Å². The summed E-state index contributed by atoms with van der Waals surface area (Å²) in [6.45, 7) is 9.65. The molecule has 2 heterocycles. The average Bonchev–Trinajstić information content (AvgIpc) is 2.80. The Balaban J connectivity index is 2.08. The van der Waals surface area contributed by atoms with Gasteiger partial charge in [0.2, 0.25) is 10.0 Å². The minimum absolute atomic E-state index is 0.263. The maximum Gasteiger partial charge on any atom is 0.214 e. The van der Waals surface area contributed by atoms with Crippen LogP contribution in [0.15, 0.2) is 6.20 Å². The van der Waals surface area contributed by atoms with Gasteiger partial charge < -0.3 is 4.57 Å². The summed E-state index contributed by atoms with van der Waals surface area (Å²) in [6, 6.07) is 0.390. The highest BCUT2D eigenvalue weighted by Gasteiger charge is 2.29. The van der Waals surface area contributed by atoms with Gasteiger partial charge in [-0.25, -0.2) is 17.7 Å². The third-order valence-electron chi connectivity index (χ3n) is 4.38. The summed E-state index contributed by atoms with van der Waals surface area (Å²) in [5.41, 5.74) is 1.18. The second-order valence-corrected chi connectivity index (χ2v) is 8.75. The Morgan fingerprint density at radius 3 is 2.77 bits per heavy atom. The highest BCUT2D eigenvalue weighted by atomic mass is 32.2. The highest BCUT2D eigenvalue weighted by Crippen LogP contribution is 2.24. The molecule has 1 unspecified atom stereocenters. The zero-order valence-electron chi connectivity index (χ0n) is 14.2. The van der Waals surface area contributed by atoms with Crippen molar-refractivity contribution in [1.82, 2.24) is 13.9 Å². The summed E-state index contributed by atoms with van der Waals surface area (Å²) < 4.78 is 28.5. The van der Waals surface area contributed by atoms with E-state index in [0.717, 1.165) is 25.1 Å². The molecule has 0 aromatic carbocycles. The van der Waals surface area contributed by atoms with Crippen molar-refractivity contribution in [2.75, 3.05) is 18.8 Å². The first kappa shape index (κ1) is 17.5. The number of piperidine rings is 1. The molecule has 0 bridgehead atoms. The highest BCUT2D eigenvalue weighted by molar-refractivity contribution is 7.89. The van der Waals surface area contributed by atoms with E-state index in [9.17, 15) is 8.42 Å². The molecule has 1 aliphatic rings. The van der Waals surface area contributed by atoms with E-state index in [1.807, 2.05) is 13.1 Å². The zero-order chi connectivity index (χ0) is 16.3. The number of rotatable bonds is 6. The van der Waals surface area contributed by atoms with E-state index in [1.165, 1.54) is 5.69 Å². The molecule has 0 N–H and O–H groups in total. The minimum Gasteiger partial charge on any atom is -0.330 e. The Morgan fingerprint density at radius 2 is 2.14 bits per heavy atom. The minimum atomic E-state index is -3.07. The fraction of sp³-hybridized carbons (Fsp3) is 0.812. The monoisotopic (exact) mass is 327 g/mol. The number of aryl methyl sites for hydroxylation is 1. The molecule has 1 aromatic heterocycles. The van der Waals surface area contributed by atoms with E-state index in [-0.39, 0.29) is 5.75 Å². The number of nitrogens with zero attached hydrogens (tertiary/aromatic N) is 3. The van der Waals surface area contributed by atoms with Crippen molar-refractivity contribution in [1.29, 1.82) is 0 Å². The summed E-state index contributed by atoms with van der Waals surface area (Å²) in [5.74, 6) is 1.73. The van der Waals surface area contributed by atoms with Crippen molar-refractivity contribution >= 4 is 10.0 Å². The van der Waals surface area contributed by atoms with Crippen LogP contribution < -0.4 is 0 Å². The molecule has 22 heavy (non-hydrogen) atoms. The predicted octanol–water partition coefficient (Wildman–Crippen LogP) is 2.77. The van der Waals surface area contributed by atoms with E-state index in [1.54, 1.807) is 4.31 Å². The number of sulfonamides is 1. The molecular weight excluding hydrogens is 298 g/mol. The maximum atomic E-state index is 12.3. The van der Waals surface area contributed by atoms with Crippen LogP contribution in [-0.4, -0.2) is 41.1 Å². The van der Waals surface area contributed by atoms with Crippen molar-refractivity contribution in [3.63, 3.8) is 0 Å². The molecule has 1 saturated heterocycles. The Bertz CT molecular complexity index is 593. The van der Waals surface area contributed by atoms with Crippen LogP contribution in [-0.2, 0) is 16.4 Å². The molecule has 0 radical (unpaired) electrons. The molecule has 6 heteroatoms. The number of hydrogen-bond donors (Lipinski definition) is 0. The Hall–Kier alpha value is -0.880. The van der Waals surface area contributed by atoms with Crippen LogP contribution in [0.4, 0.5) is 0 Å². The quantitative estimate of drug-likeness (QED) is 0.807. The van der Waals surface area contributed by atoms with Crippen molar-refractivity contribution in [2.24, 2.45) is 5.92 Å². The third-order valence-corrected chi connectivity index (χ3v) is 6.43. The Labute approximate surface area is 134 Å². The van der Waals surface area contributed by atoms with Gasteiger partial charge in [-0.05, 0) is 46.0 Å². The largest absolute Gasteiger partial charge is 0.330 e. The first-order valence-corrected chi connectivity index (χ1v) is 9.96. The molecule has 0 saturated carbocycles. The second kappa shape index (κ2) is 7.13. The van der Waals surface area contributed by atoms with Crippen molar-refractivity contribution in [2.45, 2.75) is 59.4 Å². The molecule has 5 nitrogen and oxygen atoms in total. The van der Waals surface area contributed by atoms with Gasteiger partial charge in [-0.2, -0.15) is 0 Å². The summed E-state index contributed by atoms with van der Waals surface area (Å²) in [7, 11) is -3.07. The summed E-state index contributed by atoms with van der Waals surface area (Å²) in [4.78, 5) is 4.55. The first-order valence-electron chi connectivity index (χ1n) is 8.35. The van der Waals surface area contributed by atoms with Gasteiger partial charge in [-0.15, -0.1) is 0 Å². The molecule has 1 fully saturated rings. The summed E-state index contributed by atoms with van der Waals surface area (Å²) in [6.07, 6.45) is 5.51. The van der Waals surface area contributed by atoms with Crippen LogP contribution in [0.2, 0.25) is 0 Å². The van der Waals surface area contributed by atoms with Crippen LogP contribution in [0.1, 0.15) is 57.6 Å². The van der Waals surface area contributed by atoms with Gasteiger partial charge in [0.15, 0.2) is 0 Å². The van der Waals surface area contributed by atoms with Crippen LogP contribution in [0.3, 0.4) is 0 Å². The van der Waals surface area contributed by atoms with Crippen LogP contribution >= 0.6 is 0 Å². The van der Waals surface area contributed by atoms with Crippen LogP contribution in [0.25, 0.3) is 0 Å². The molecule has 1 aliphatic heterocycles. The number of imidazole rings is 1. The summed E-state index contributed by atoms with van der Waals surface area (Å²) in [5, 5.41) is 0. The van der Waals surface area contributed by atoms with Crippen molar-refractivity contribution in [3.05, 3.63) is 17.7 Å².